The number of rotatable bonds is 5. The molecule has 0 aliphatic carbocycles. The maximum Gasteiger partial charge on any atom is 0.236 e. The van der Waals surface area contributed by atoms with E-state index < -0.39 is 0 Å². The van der Waals surface area contributed by atoms with Crippen LogP contribution < -0.4 is 5.32 Å². The Bertz CT molecular complexity index is 235. The van der Waals surface area contributed by atoms with E-state index in [1.165, 1.54) is 12.8 Å². The number of nitrogens with one attached hydrogen (secondary N) is 1. The molecule has 1 aliphatic heterocycles. The number of piperidine rings is 1. The first-order valence-electron chi connectivity index (χ1n) is 6.72. The second kappa shape index (κ2) is 6.97. The number of hydrogen-bond acceptors (Lipinski definition) is 3. The summed E-state index contributed by atoms with van der Waals surface area (Å²) >= 11 is 0. The molecule has 1 fully saturated rings. The van der Waals surface area contributed by atoms with Gasteiger partial charge in [-0.25, -0.2) is 0 Å². The molecule has 1 rings (SSSR count). The normalized spacial score (nSPS) is 25.0. The molecule has 4 heteroatoms. The Morgan fingerprint density at radius 3 is 2.53 bits per heavy atom. The average molecular weight is 241 g/mol. The summed E-state index contributed by atoms with van der Waals surface area (Å²) in [7, 11) is 3.65. The lowest BCUT2D eigenvalue weighted by Gasteiger charge is -2.36. The van der Waals surface area contributed by atoms with E-state index in [0.717, 1.165) is 19.5 Å². The minimum Gasteiger partial charge on any atom is -0.348 e. The molecule has 1 N–H and O–H groups in total. The molecule has 2 unspecified atom stereocenters. The van der Waals surface area contributed by atoms with E-state index in [9.17, 15) is 4.79 Å². The van der Waals surface area contributed by atoms with Crippen LogP contribution >= 0.6 is 0 Å². The zero-order valence-electron chi connectivity index (χ0n) is 11.7. The summed E-state index contributed by atoms with van der Waals surface area (Å²) in [6, 6.07) is 1.15. The van der Waals surface area contributed by atoms with Gasteiger partial charge in [-0.3, -0.25) is 9.69 Å². The Morgan fingerprint density at radius 1 is 1.35 bits per heavy atom. The highest BCUT2D eigenvalue weighted by molar-refractivity contribution is 5.77. The smallest absolute Gasteiger partial charge is 0.236 e. The second-order valence-electron chi connectivity index (χ2n) is 5.30. The van der Waals surface area contributed by atoms with Crippen molar-refractivity contribution < 1.29 is 4.79 Å². The Morgan fingerprint density at radius 2 is 2.06 bits per heavy atom. The first kappa shape index (κ1) is 14.5. The van der Waals surface area contributed by atoms with Crippen LogP contribution in [-0.4, -0.2) is 61.5 Å². The third-order valence-corrected chi connectivity index (χ3v) is 3.50. The van der Waals surface area contributed by atoms with Crippen molar-refractivity contribution in [2.75, 3.05) is 33.7 Å². The molecule has 2 atom stereocenters. The number of carbonyl (C=O) groups excluding carboxylic acids is 1. The topological polar surface area (TPSA) is 35.6 Å². The van der Waals surface area contributed by atoms with Gasteiger partial charge in [0.05, 0.1) is 6.54 Å². The van der Waals surface area contributed by atoms with E-state index in [1.807, 2.05) is 14.1 Å². The van der Waals surface area contributed by atoms with Gasteiger partial charge in [0.25, 0.3) is 0 Å². The van der Waals surface area contributed by atoms with Crippen molar-refractivity contribution in [1.29, 1.82) is 0 Å². The predicted octanol–water partition coefficient (Wildman–Crippen LogP) is 0.927. The van der Waals surface area contributed by atoms with Crippen molar-refractivity contribution >= 4 is 5.91 Å². The van der Waals surface area contributed by atoms with Crippen molar-refractivity contribution in [1.82, 2.24) is 15.1 Å². The van der Waals surface area contributed by atoms with Gasteiger partial charge in [0.2, 0.25) is 5.91 Å². The van der Waals surface area contributed by atoms with E-state index in [1.54, 1.807) is 4.90 Å². The van der Waals surface area contributed by atoms with E-state index in [2.05, 4.69) is 24.1 Å². The van der Waals surface area contributed by atoms with Gasteiger partial charge in [0.1, 0.15) is 0 Å². The summed E-state index contributed by atoms with van der Waals surface area (Å²) in [4.78, 5) is 15.8. The van der Waals surface area contributed by atoms with Crippen LogP contribution in [0.5, 0.6) is 0 Å². The van der Waals surface area contributed by atoms with Gasteiger partial charge in [-0.2, -0.15) is 0 Å². The SMILES string of the molecule is CCCN(CC(=O)N(C)C)C1CCC(C)NC1. The fraction of sp³-hybridized carbons (Fsp3) is 0.923. The predicted molar refractivity (Wildman–Crippen MR) is 71.0 cm³/mol. The van der Waals surface area contributed by atoms with Crippen LogP contribution in [0.1, 0.15) is 33.1 Å². The van der Waals surface area contributed by atoms with Gasteiger partial charge in [-0.05, 0) is 32.7 Å². The zero-order chi connectivity index (χ0) is 12.8. The van der Waals surface area contributed by atoms with E-state index in [-0.39, 0.29) is 5.91 Å². The summed E-state index contributed by atoms with van der Waals surface area (Å²) in [6.07, 6.45) is 3.52. The maximum absolute atomic E-state index is 11.8. The van der Waals surface area contributed by atoms with E-state index in [4.69, 9.17) is 0 Å². The Hall–Kier alpha value is -0.610. The second-order valence-corrected chi connectivity index (χ2v) is 5.30. The zero-order valence-corrected chi connectivity index (χ0v) is 11.7. The molecular formula is C13H27N3O. The lowest BCUT2D eigenvalue weighted by Crippen LogP contribution is -2.51. The van der Waals surface area contributed by atoms with Crippen LogP contribution in [0.25, 0.3) is 0 Å². The number of nitrogens with zero attached hydrogens (tertiary/aromatic N) is 2. The molecule has 0 aromatic carbocycles. The molecule has 0 saturated carbocycles. The summed E-state index contributed by atoms with van der Waals surface area (Å²) < 4.78 is 0. The Kier molecular flexibility index (Phi) is 5.92. The molecule has 0 aromatic rings. The number of carbonyl (C=O) groups is 1. The molecular weight excluding hydrogens is 214 g/mol. The van der Waals surface area contributed by atoms with Crippen molar-refractivity contribution in [2.45, 2.75) is 45.2 Å². The van der Waals surface area contributed by atoms with E-state index in [0.29, 0.717) is 18.6 Å². The largest absolute Gasteiger partial charge is 0.348 e. The first-order valence-corrected chi connectivity index (χ1v) is 6.72. The van der Waals surface area contributed by atoms with Gasteiger partial charge in [-0.15, -0.1) is 0 Å². The highest BCUT2D eigenvalue weighted by Gasteiger charge is 2.24. The van der Waals surface area contributed by atoms with Crippen LogP contribution in [0.15, 0.2) is 0 Å². The van der Waals surface area contributed by atoms with Gasteiger partial charge >= 0.3 is 0 Å². The lowest BCUT2D eigenvalue weighted by atomic mass is 10.0. The summed E-state index contributed by atoms with van der Waals surface area (Å²) in [5.41, 5.74) is 0. The molecule has 0 bridgehead atoms. The third-order valence-electron chi connectivity index (χ3n) is 3.50. The van der Waals surface area contributed by atoms with Crippen LogP contribution in [0, 0.1) is 0 Å². The first-order chi connectivity index (χ1) is 8.04. The molecule has 1 heterocycles. The summed E-state index contributed by atoms with van der Waals surface area (Å²) in [5, 5.41) is 3.51. The van der Waals surface area contributed by atoms with Gasteiger partial charge < -0.3 is 10.2 Å². The molecule has 1 amide bonds. The van der Waals surface area contributed by atoms with E-state index >= 15 is 0 Å². The average Bonchev–Trinajstić information content (AvgIpc) is 2.29. The molecule has 1 aliphatic rings. The standard InChI is InChI=1S/C13H27N3O/c1-5-8-16(10-13(17)15(3)4)12-7-6-11(2)14-9-12/h11-12,14H,5-10H2,1-4H3. The minimum absolute atomic E-state index is 0.206. The highest BCUT2D eigenvalue weighted by atomic mass is 16.2. The fourth-order valence-electron chi connectivity index (χ4n) is 2.29. The van der Waals surface area contributed by atoms with Crippen molar-refractivity contribution in [3.8, 4) is 0 Å². The maximum atomic E-state index is 11.8. The van der Waals surface area contributed by atoms with Crippen LogP contribution in [0.4, 0.5) is 0 Å². The Labute approximate surface area is 105 Å². The molecule has 0 spiro atoms. The number of hydrogen-bond donors (Lipinski definition) is 1. The summed E-state index contributed by atoms with van der Waals surface area (Å²) in [5.74, 6) is 0.206. The van der Waals surface area contributed by atoms with Gasteiger partial charge in [-0.1, -0.05) is 6.92 Å². The van der Waals surface area contributed by atoms with Crippen molar-refractivity contribution in [3.05, 3.63) is 0 Å². The molecule has 1 saturated heterocycles. The highest BCUT2D eigenvalue weighted by Crippen LogP contribution is 2.14. The van der Waals surface area contributed by atoms with Crippen molar-refractivity contribution in [2.24, 2.45) is 0 Å². The lowest BCUT2D eigenvalue weighted by molar-refractivity contribution is -0.130. The number of likely N-dealkylation sites (N-methyl/N-ethyl adjacent to an activating group) is 1. The third kappa shape index (κ3) is 4.64. The molecule has 0 aromatic heterocycles. The van der Waals surface area contributed by atoms with Crippen molar-refractivity contribution in [3.63, 3.8) is 0 Å². The summed E-state index contributed by atoms with van der Waals surface area (Å²) in [6.45, 7) is 6.99. The van der Waals surface area contributed by atoms with Crippen LogP contribution in [0.3, 0.4) is 0 Å². The minimum atomic E-state index is 0.206. The van der Waals surface area contributed by atoms with Crippen LogP contribution in [-0.2, 0) is 4.79 Å². The molecule has 17 heavy (non-hydrogen) atoms. The molecule has 0 radical (unpaired) electrons. The van der Waals surface area contributed by atoms with Crippen LogP contribution in [0.2, 0.25) is 0 Å². The molecule has 4 nitrogen and oxygen atoms in total. The quantitative estimate of drug-likeness (QED) is 0.778. The molecule has 100 valence electrons. The van der Waals surface area contributed by atoms with Gasteiger partial charge in [0, 0.05) is 32.7 Å². The van der Waals surface area contributed by atoms with Gasteiger partial charge in [0.15, 0.2) is 0 Å². The fourth-order valence-corrected chi connectivity index (χ4v) is 2.29. The monoisotopic (exact) mass is 241 g/mol. The Balaban J connectivity index is 2.50. The number of amides is 1.